The minimum absolute atomic E-state index is 0.0241. The van der Waals surface area contributed by atoms with Gasteiger partial charge in [0.1, 0.15) is 0 Å². The number of amides is 2. The molecule has 1 aromatic heterocycles. The Bertz CT molecular complexity index is 1050. The first-order chi connectivity index (χ1) is 14.7. The van der Waals surface area contributed by atoms with Crippen molar-refractivity contribution in [2.24, 2.45) is 0 Å². The van der Waals surface area contributed by atoms with Crippen LogP contribution in [0.15, 0.2) is 48.7 Å². The molecule has 30 heavy (non-hydrogen) atoms. The largest absolute Gasteiger partial charge is 0.383 e. The monoisotopic (exact) mass is 406 g/mol. The number of aromatic nitrogens is 2. The van der Waals surface area contributed by atoms with Gasteiger partial charge in [-0.05, 0) is 35.7 Å². The van der Waals surface area contributed by atoms with Crippen LogP contribution in [0.25, 0.3) is 10.8 Å². The number of rotatable bonds is 6. The number of carbonyl (C=O) groups excluding carboxylic acids is 2. The van der Waals surface area contributed by atoms with Gasteiger partial charge in [-0.25, -0.2) is 0 Å². The van der Waals surface area contributed by atoms with Crippen molar-refractivity contribution in [3.8, 4) is 0 Å². The summed E-state index contributed by atoms with van der Waals surface area (Å²) in [6.45, 7) is 2.17. The van der Waals surface area contributed by atoms with E-state index in [1.807, 2.05) is 47.4 Å². The molecule has 0 aliphatic carbocycles. The summed E-state index contributed by atoms with van der Waals surface area (Å²) in [4.78, 5) is 27.5. The Morgan fingerprint density at radius 3 is 2.90 bits per heavy atom. The normalized spacial score (nSPS) is 16.6. The highest BCUT2D eigenvalue weighted by molar-refractivity contribution is 5.99. The molecule has 1 saturated heterocycles. The first-order valence-electron chi connectivity index (χ1n) is 10.3. The molecule has 0 bridgehead atoms. The van der Waals surface area contributed by atoms with E-state index < -0.39 is 0 Å². The predicted molar refractivity (Wildman–Crippen MR) is 115 cm³/mol. The van der Waals surface area contributed by atoms with Crippen LogP contribution in [0.1, 0.15) is 45.2 Å². The molecule has 2 amide bonds. The van der Waals surface area contributed by atoms with Gasteiger partial charge in [0.25, 0.3) is 11.8 Å². The Labute approximate surface area is 175 Å². The van der Waals surface area contributed by atoms with Crippen LogP contribution in [-0.2, 0) is 4.74 Å². The van der Waals surface area contributed by atoms with E-state index in [0.717, 1.165) is 29.3 Å². The van der Waals surface area contributed by atoms with Gasteiger partial charge in [0.05, 0.1) is 24.1 Å². The van der Waals surface area contributed by atoms with Gasteiger partial charge in [0, 0.05) is 38.2 Å². The van der Waals surface area contributed by atoms with Gasteiger partial charge >= 0.3 is 0 Å². The summed E-state index contributed by atoms with van der Waals surface area (Å²) >= 11 is 0. The molecule has 3 aromatic rings. The van der Waals surface area contributed by atoms with Crippen molar-refractivity contribution >= 4 is 22.6 Å². The van der Waals surface area contributed by atoms with Crippen LogP contribution in [-0.4, -0.2) is 60.3 Å². The molecule has 1 atom stereocenters. The van der Waals surface area contributed by atoms with Gasteiger partial charge in [-0.1, -0.05) is 30.3 Å². The van der Waals surface area contributed by atoms with Crippen LogP contribution < -0.4 is 5.32 Å². The molecule has 1 aliphatic rings. The van der Waals surface area contributed by atoms with Gasteiger partial charge in [0.15, 0.2) is 0 Å². The third-order valence-corrected chi connectivity index (χ3v) is 5.62. The fourth-order valence-electron chi connectivity index (χ4n) is 4.05. The van der Waals surface area contributed by atoms with E-state index in [2.05, 4.69) is 15.5 Å². The van der Waals surface area contributed by atoms with Crippen molar-refractivity contribution < 1.29 is 14.3 Å². The second-order valence-electron chi connectivity index (χ2n) is 7.60. The van der Waals surface area contributed by atoms with Crippen LogP contribution >= 0.6 is 0 Å². The average molecular weight is 406 g/mol. The number of piperidine rings is 1. The van der Waals surface area contributed by atoms with Gasteiger partial charge < -0.3 is 15.0 Å². The van der Waals surface area contributed by atoms with Gasteiger partial charge in [0.2, 0.25) is 0 Å². The first-order valence-corrected chi connectivity index (χ1v) is 10.3. The van der Waals surface area contributed by atoms with E-state index in [9.17, 15) is 9.59 Å². The molecule has 1 fully saturated rings. The number of H-pyrrole nitrogens is 1. The number of fused-ring (bicyclic) bond motifs is 1. The molecule has 0 saturated carbocycles. The van der Waals surface area contributed by atoms with Gasteiger partial charge in [-0.3, -0.25) is 14.7 Å². The number of nitrogens with zero attached hydrogens (tertiary/aromatic N) is 2. The quantitative estimate of drug-likeness (QED) is 0.616. The number of carbonyl (C=O) groups is 2. The summed E-state index contributed by atoms with van der Waals surface area (Å²) in [5.74, 6) is -0.0984. The molecule has 1 unspecified atom stereocenters. The molecule has 2 heterocycles. The smallest absolute Gasteiger partial charge is 0.254 e. The third kappa shape index (κ3) is 4.21. The van der Waals surface area contributed by atoms with E-state index in [4.69, 9.17) is 4.74 Å². The van der Waals surface area contributed by atoms with Crippen molar-refractivity contribution in [1.29, 1.82) is 0 Å². The van der Waals surface area contributed by atoms with E-state index >= 15 is 0 Å². The van der Waals surface area contributed by atoms with Crippen molar-refractivity contribution in [1.82, 2.24) is 20.4 Å². The number of hydrogen-bond acceptors (Lipinski definition) is 4. The maximum Gasteiger partial charge on any atom is 0.254 e. The topological polar surface area (TPSA) is 87.3 Å². The molecule has 1 aliphatic heterocycles. The lowest BCUT2D eigenvalue weighted by molar-refractivity contribution is 0.0706. The summed E-state index contributed by atoms with van der Waals surface area (Å²) in [6, 6.07) is 13.9. The lowest BCUT2D eigenvalue weighted by Gasteiger charge is -2.32. The maximum atomic E-state index is 13.2. The second kappa shape index (κ2) is 9.09. The highest BCUT2D eigenvalue weighted by Crippen LogP contribution is 2.29. The molecule has 0 spiro atoms. The third-order valence-electron chi connectivity index (χ3n) is 5.62. The zero-order chi connectivity index (χ0) is 20.9. The van der Waals surface area contributed by atoms with Crippen molar-refractivity contribution in [2.75, 3.05) is 33.4 Å². The second-order valence-corrected chi connectivity index (χ2v) is 7.60. The van der Waals surface area contributed by atoms with Crippen LogP contribution in [0, 0.1) is 0 Å². The molecule has 7 nitrogen and oxygen atoms in total. The Morgan fingerprint density at radius 1 is 1.23 bits per heavy atom. The number of hydrogen-bond donors (Lipinski definition) is 2. The van der Waals surface area contributed by atoms with Crippen LogP contribution in [0.3, 0.4) is 0 Å². The molecule has 7 heteroatoms. The summed E-state index contributed by atoms with van der Waals surface area (Å²) < 4.78 is 4.98. The lowest BCUT2D eigenvalue weighted by atomic mass is 9.92. The Morgan fingerprint density at radius 2 is 2.07 bits per heavy atom. The summed E-state index contributed by atoms with van der Waals surface area (Å²) in [7, 11) is 1.60. The van der Waals surface area contributed by atoms with E-state index in [1.54, 1.807) is 13.3 Å². The minimum atomic E-state index is -0.172. The van der Waals surface area contributed by atoms with Crippen molar-refractivity contribution in [2.45, 2.75) is 18.8 Å². The van der Waals surface area contributed by atoms with Gasteiger partial charge in [-0.2, -0.15) is 5.10 Å². The number of likely N-dealkylation sites (tertiary alicyclic amines) is 1. The maximum absolute atomic E-state index is 13.2. The Balaban J connectivity index is 1.49. The molecule has 156 valence electrons. The molecular weight excluding hydrogens is 380 g/mol. The molecule has 2 aromatic carbocycles. The van der Waals surface area contributed by atoms with E-state index in [-0.39, 0.29) is 17.7 Å². The van der Waals surface area contributed by atoms with E-state index in [1.165, 1.54) is 0 Å². The summed E-state index contributed by atoms with van der Waals surface area (Å²) in [5, 5.41) is 12.1. The molecule has 0 radical (unpaired) electrons. The fourth-order valence-corrected chi connectivity index (χ4v) is 4.05. The van der Waals surface area contributed by atoms with Crippen molar-refractivity contribution in [3.63, 3.8) is 0 Å². The predicted octanol–water partition coefficient (Wildman–Crippen LogP) is 2.96. The van der Waals surface area contributed by atoms with E-state index in [0.29, 0.717) is 37.4 Å². The highest BCUT2D eigenvalue weighted by Gasteiger charge is 2.29. The average Bonchev–Trinajstić information content (AvgIpc) is 3.28. The van der Waals surface area contributed by atoms with Crippen LogP contribution in [0.2, 0.25) is 0 Å². The standard InChI is InChI=1S/C23H26N4O3/c1-30-12-10-24-22(28)20-14-25-26-21(20)19-7-4-11-27(15-19)23(29)18-9-8-16-5-2-3-6-17(16)13-18/h2-3,5-6,8-9,13-14,19H,4,7,10-12,15H2,1H3,(H,24,28)(H,25,26). The number of benzene rings is 2. The Hall–Kier alpha value is -3.19. The number of nitrogens with one attached hydrogen (secondary N) is 2. The zero-order valence-corrected chi connectivity index (χ0v) is 17.1. The van der Waals surface area contributed by atoms with Crippen LogP contribution in [0.4, 0.5) is 0 Å². The highest BCUT2D eigenvalue weighted by atomic mass is 16.5. The van der Waals surface area contributed by atoms with Gasteiger partial charge in [-0.15, -0.1) is 0 Å². The fraction of sp³-hybridized carbons (Fsp3) is 0.348. The molecular formula is C23H26N4O3. The number of aromatic amines is 1. The van der Waals surface area contributed by atoms with Crippen molar-refractivity contribution in [3.05, 3.63) is 65.5 Å². The SMILES string of the molecule is COCCNC(=O)c1cn[nH]c1C1CCCN(C(=O)c2ccc3ccccc3c2)C1. The summed E-state index contributed by atoms with van der Waals surface area (Å²) in [6.07, 6.45) is 3.34. The number of methoxy groups -OCH3 is 1. The Kier molecular flexibility index (Phi) is 6.09. The van der Waals surface area contributed by atoms with Crippen LogP contribution in [0.5, 0.6) is 0 Å². The number of ether oxygens (including phenoxy) is 1. The summed E-state index contributed by atoms with van der Waals surface area (Å²) in [5.41, 5.74) is 2.02. The lowest BCUT2D eigenvalue weighted by Crippen LogP contribution is -2.39. The molecule has 4 rings (SSSR count). The minimum Gasteiger partial charge on any atom is -0.383 e. The first kappa shape index (κ1) is 20.1. The zero-order valence-electron chi connectivity index (χ0n) is 17.1. The molecule has 2 N–H and O–H groups in total.